The average molecular weight is 251 g/mol. The summed E-state index contributed by atoms with van der Waals surface area (Å²) in [4.78, 5) is 6.90. The summed E-state index contributed by atoms with van der Waals surface area (Å²) in [5, 5.41) is 0.378. The van der Waals surface area contributed by atoms with E-state index in [1.165, 1.54) is 11.8 Å². The summed E-state index contributed by atoms with van der Waals surface area (Å²) in [5.74, 6) is -0.363. The van der Waals surface area contributed by atoms with E-state index in [0.29, 0.717) is 13.2 Å². The first-order valence-electron chi connectivity index (χ1n) is 4.41. The largest absolute Gasteiger partial charge is 0.433 e. The third kappa shape index (κ3) is 2.56. The van der Waals surface area contributed by atoms with Crippen LogP contribution in [0.2, 0.25) is 0 Å². The zero-order valence-electron chi connectivity index (χ0n) is 7.99. The van der Waals surface area contributed by atoms with Crippen molar-refractivity contribution in [1.29, 1.82) is 0 Å². The van der Waals surface area contributed by atoms with E-state index in [9.17, 15) is 13.2 Å². The highest BCUT2D eigenvalue weighted by molar-refractivity contribution is 8.00. The molecule has 16 heavy (non-hydrogen) atoms. The molecule has 0 atom stereocenters. The van der Waals surface area contributed by atoms with Crippen LogP contribution >= 0.6 is 11.8 Å². The minimum absolute atomic E-state index is 0.149. The highest BCUT2D eigenvalue weighted by atomic mass is 32.2. The Morgan fingerprint density at radius 1 is 1.38 bits per heavy atom. The van der Waals surface area contributed by atoms with Crippen molar-refractivity contribution in [1.82, 2.24) is 9.97 Å². The second-order valence-electron chi connectivity index (χ2n) is 3.22. The lowest BCUT2D eigenvalue weighted by Crippen LogP contribution is -2.30. The molecule has 2 heterocycles. The van der Waals surface area contributed by atoms with Gasteiger partial charge in [0.25, 0.3) is 0 Å². The maximum absolute atomic E-state index is 12.4. The molecule has 2 rings (SSSR count). The number of hydrogen-bond donors (Lipinski definition) is 1. The van der Waals surface area contributed by atoms with Crippen LogP contribution in [0.5, 0.6) is 0 Å². The smallest absolute Gasteiger partial charge is 0.379 e. The summed E-state index contributed by atoms with van der Waals surface area (Å²) >= 11 is 1.22. The molecule has 0 spiro atoms. The van der Waals surface area contributed by atoms with Gasteiger partial charge in [0.2, 0.25) is 5.95 Å². The van der Waals surface area contributed by atoms with Crippen LogP contribution in [-0.4, -0.2) is 28.4 Å². The van der Waals surface area contributed by atoms with E-state index in [2.05, 4.69) is 9.97 Å². The number of halogens is 3. The molecule has 8 heteroatoms. The molecule has 1 aromatic heterocycles. The molecule has 88 valence electrons. The Bertz CT molecular complexity index is 395. The van der Waals surface area contributed by atoms with Crippen molar-refractivity contribution in [3.63, 3.8) is 0 Å². The normalized spacial score (nSPS) is 17.2. The zero-order valence-corrected chi connectivity index (χ0v) is 8.81. The molecular formula is C8H8F3N3OS. The van der Waals surface area contributed by atoms with E-state index in [4.69, 9.17) is 10.5 Å². The van der Waals surface area contributed by atoms with Crippen molar-refractivity contribution in [3.8, 4) is 0 Å². The number of anilines is 1. The number of thioether (sulfide) groups is 1. The molecule has 0 amide bonds. The Hall–Kier alpha value is -1.02. The standard InChI is InChI=1S/C8H8F3N3OS/c9-8(10,11)5-1-6(14-7(12)13-5)16-4-2-15-3-4/h1,4H,2-3H2,(H2,12,13,14). The van der Waals surface area contributed by atoms with E-state index in [1.807, 2.05) is 0 Å². The molecule has 1 aliphatic rings. The van der Waals surface area contributed by atoms with E-state index in [-0.39, 0.29) is 16.2 Å². The first-order valence-corrected chi connectivity index (χ1v) is 5.29. The highest BCUT2D eigenvalue weighted by Crippen LogP contribution is 2.32. The Morgan fingerprint density at radius 2 is 2.06 bits per heavy atom. The SMILES string of the molecule is Nc1nc(SC2COC2)cc(C(F)(F)F)n1. The van der Waals surface area contributed by atoms with Crippen molar-refractivity contribution < 1.29 is 17.9 Å². The second-order valence-corrected chi connectivity index (χ2v) is 4.55. The highest BCUT2D eigenvalue weighted by Gasteiger charge is 2.34. The van der Waals surface area contributed by atoms with Gasteiger partial charge in [0.1, 0.15) is 5.03 Å². The molecule has 2 N–H and O–H groups in total. The predicted octanol–water partition coefficient (Wildman–Crippen LogP) is 1.57. The minimum Gasteiger partial charge on any atom is -0.379 e. The van der Waals surface area contributed by atoms with Crippen molar-refractivity contribution in [2.45, 2.75) is 16.5 Å². The van der Waals surface area contributed by atoms with Gasteiger partial charge >= 0.3 is 6.18 Å². The van der Waals surface area contributed by atoms with Crippen LogP contribution < -0.4 is 5.73 Å². The zero-order chi connectivity index (χ0) is 11.8. The van der Waals surface area contributed by atoms with Crippen molar-refractivity contribution >= 4 is 17.7 Å². The van der Waals surface area contributed by atoms with Crippen LogP contribution in [0.15, 0.2) is 11.1 Å². The molecule has 0 saturated carbocycles. The van der Waals surface area contributed by atoms with Crippen LogP contribution in [0, 0.1) is 0 Å². The number of nitrogens with two attached hydrogens (primary N) is 1. The summed E-state index contributed by atoms with van der Waals surface area (Å²) in [6.07, 6.45) is -4.50. The van der Waals surface area contributed by atoms with Gasteiger partial charge in [-0.3, -0.25) is 0 Å². The first-order chi connectivity index (χ1) is 7.45. The van der Waals surface area contributed by atoms with Crippen molar-refractivity contribution in [2.75, 3.05) is 18.9 Å². The Kier molecular flexibility index (Phi) is 2.94. The number of hydrogen-bond acceptors (Lipinski definition) is 5. The van der Waals surface area contributed by atoms with Crippen molar-refractivity contribution in [2.24, 2.45) is 0 Å². The molecular weight excluding hydrogens is 243 g/mol. The third-order valence-corrected chi connectivity index (χ3v) is 2.96. The van der Waals surface area contributed by atoms with Crippen LogP contribution in [0.4, 0.5) is 19.1 Å². The number of alkyl halides is 3. The summed E-state index contributed by atoms with van der Waals surface area (Å²) in [7, 11) is 0. The number of nitrogen functional groups attached to an aromatic ring is 1. The van der Waals surface area contributed by atoms with Crippen LogP contribution in [-0.2, 0) is 10.9 Å². The molecule has 4 nitrogen and oxygen atoms in total. The Labute approximate surface area is 93.4 Å². The van der Waals surface area contributed by atoms with Gasteiger partial charge in [-0.25, -0.2) is 9.97 Å². The third-order valence-electron chi connectivity index (χ3n) is 1.91. The number of ether oxygens (including phenoxy) is 1. The molecule has 0 radical (unpaired) electrons. The molecule has 0 unspecified atom stereocenters. The van der Waals surface area contributed by atoms with Crippen molar-refractivity contribution in [3.05, 3.63) is 11.8 Å². The molecule has 0 aromatic carbocycles. The van der Waals surface area contributed by atoms with E-state index in [0.717, 1.165) is 6.07 Å². The van der Waals surface area contributed by atoms with Gasteiger partial charge in [-0.15, -0.1) is 0 Å². The fraction of sp³-hybridized carbons (Fsp3) is 0.500. The van der Waals surface area contributed by atoms with Crippen LogP contribution in [0.25, 0.3) is 0 Å². The van der Waals surface area contributed by atoms with Gasteiger partial charge in [-0.2, -0.15) is 13.2 Å². The molecule has 1 aliphatic heterocycles. The second kappa shape index (κ2) is 4.10. The first kappa shape index (κ1) is 11.5. The summed E-state index contributed by atoms with van der Waals surface area (Å²) < 4.78 is 42.1. The maximum atomic E-state index is 12.4. The number of aromatic nitrogens is 2. The van der Waals surface area contributed by atoms with E-state index < -0.39 is 11.9 Å². The van der Waals surface area contributed by atoms with E-state index in [1.54, 1.807) is 0 Å². The fourth-order valence-corrected chi connectivity index (χ4v) is 2.10. The van der Waals surface area contributed by atoms with Crippen LogP contribution in [0.1, 0.15) is 5.69 Å². The minimum atomic E-state index is -4.50. The molecule has 0 aliphatic carbocycles. The topological polar surface area (TPSA) is 61.0 Å². The summed E-state index contributed by atoms with van der Waals surface area (Å²) in [6, 6.07) is 0.902. The lowest BCUT2D eigenvalue weighted by Gasteiger charge is -2.24. The monoisotopic (exact) mass is 251 g/mol. The number of rotatable bonds is 2. The number of nitrogens with zero attached hydrogens (tertiary/aromatic N) is 2. The predicted molar refractivity (Wildman–Crippen MR) is 51.9 cm³/mol. The van der Waals surface area contributed by atoms with Gasteiger partial charge in [-0.1, -0.05) is 11.8 Å². The molecule has 0 bridgehead atoms. The van der Waals surface area contributed by atoms with Gasteiger partial charge in [0.05, 0.1) is 18.5 Å². The van der Waals surface area contributed by atoms with Gasteiger partial charge in [0, 0.05) is 6.07 Å². The Morgan fingerprint density at radius 3 is 2.56 bits per heavy atom. The molecule has 1 fully saturated rings. The average Bonchev–Trinajstić information content (AvgIpc) is 2.09. The van der Waals surface area contributed by atoms with Gasteiger partial charge in [0.15, 0.2) is 5.69 Å². The van der Waals surface area contributed by atoms with Gasteiger partial charge < -0.3 is 10.5 Å². The maximum Gasteiger partial charge on any atom is 0.433 e. The van der Waals surface area contributed by atoms with Gasteiger partial charge in [-0.05, 0) is 0 Å². The van der Waals surface area contributed by atoms with E-state index >= 15 is 0 Å². The quantitative estimate of drug-likeness (QED) is 0.808. The molecule has 1 aromatic rings. The lowest BCUT2D eigenvalue weighted by atomic mass is 10.4. The summed E-state index contributed by atoms with van der Waals surface area (Å²) in [6.45, 7) is 1.05. The summed E-state index contributed by atoms with van der Waals surface area (Å²) in [5.41, 5.74) is 4.21. The Balaban J connectivity index is 2.21. The molecule has 1 saturated heterocycles. The lowest BCUT2D eigenvalue weighted by molar-refractivity contribution is -0.141. The van der Waals surface area contributed by atoms with Crippen LogP contribution in [0.3, 0.4) is 0 Å². The fourth-order valence-electron chi connectivity index (χ4n) is 1.10.